The number of aromatic nitrogens is 1. The molecule has 2 nitrogen and oxygen atoms in total. The van der Waals surface area contributed by atoms with E-state index in [0.717, 1.165) is 5.56 Å². The summed E-state index contributed by atoms with van der Waals surface area (Å²) < 4.78 is 12.6. The fourth-order valence-corrected chi connectivity index (χ4v) is 0.888. The van der Waals surface area contributed by atoms with Gasteiger partial charge in [0.05, 0.1) is 12.7 Å². The van der Waals surface area contributed by atoms with Crippen LogP contribution in [0, 0.1) is 24.6 Å². The van der Waals surface area contributed by atoms with Crippen molar-refractivity contribution in [2.75, 3.05) is 13.6 Å². The maximum Gasteiger partial charge on any atom is 0.141 e. The molecule has 1 rings (SSSR count). The van der Waals surface area contributed by atoms with Gasteiger partial charge in [0, 0.05) is 0 Å². The molecule has 0 bridgehead atoms. The number of hydrogen-bond donors (Lipinski definition) is 1. The van der Waals surface area contributed by atoms with Crippen LogP contribution >= 0.6 is 0 Å². The van der Waals surface area contributed by atoms with E-state index in [-0.39, 0.29) is 5.82 Å². The summed E-state index contributed by atoms with van der Waals surface area (Å²) in [4.78, 5) is 3.87. The average molecular weight is 178 g/mol. The molecule has 0 spiro atoms. The zero-order valence-electron chi connectivity index (χ0n) is 7.69. The van der Waals surface area contributed by atoms with Crippen LogP contribution in [0.15, 0.2) is 12.3 Å². The third-order valence-electron chi connectivity index (χ3n) is 1.52. The molecule has 0 fully saturated rings. The molecule has 0 aliphatic rings. The van der Waals surface area contributed by atoms with Gasteiger partial charge in [-0.15, -0.1) is 0 Å². The van der Waals surface area contributed by atoms with Crippen molar-refractivity contribution in [3.63, 3.8) is 0 Å². The van der Waals surface area contributed by atoms with Crippen LogP contribution in [-0.4, -0.2) is 18.6 Å². The quantitative estimate of drug-likeness (QED) is 0.651. The minimum atomic E-state index is -0.323. The fourth-order valence-electron chi connectivity index (χ4n) is 0.888. The average Bonchev–Trinajstić information content (AvgIpc) is 2.09. The number of hydrogen-bond acceptors (Lipinski definition) is 2. The largest absolute Gasteiger partial charge is 0.309 e. The Bertz CT molecular complexity index is 350. The van der Waals surface area contributed by atoms with E-state index >= 15 is 0 Å². The van der Waals surface area contributed by atoms with Crippen LogP contribution in [0.3, 0.4) is 0 Å². The van der Waals surface area contributed by atoms with Gasteiger partial charge in [0.25, 0.3) is 0 Å². The van der Waals surface area contributed by atoms with E-state index in [9.17, 15) is 4.39 Å². The molecule has 0 aromatic carbocycles. The van der Waals surface area contributed by atoms with Crippen LogP contribution in [0.25, 0.3) is 0 Å². The summed E-state index contributed by atoms with van der Waals surface area (Å²) in [6, 6.07) is 1.43. The summed E-state index contributed by atoms with van der Waals surface area (Å²) in [5.41, 5.74) is 1.40. The Morgan fingerprint density at radius 1 is 1.62 bits per heavy atom. The minimum absolute atomic E-state index is 0.323. The molecule has 1 heterocycles. The molecule has 1 aromatic rings. The van der Waals surface area contributed by atoms with Crippen molar-refractivity contribution in [2.45, 2.75) is 6.92 Å². The Kier molecular flexibility index (Phi) is 3.41. The van der Waals surface area contributed by atoms with Crippen molar-refractivity contribution in [2.24, 2.45) is 0 Å². The molecule has 13 heavy (non-hydrogen) atoms. The first-order valence-electron chi connectivity index (χ1n) is 3.99. The van der Waals surface area contributed by atoms with E-state index in [1.54, 1.807) is 6.92 Å². The molecule has 0 aliphatic heterocycles. The zero-order chi connectivity index (χ0) is 9.68. The molecule has 68 valence electrons. The first-order chi connectivity index (χ1) is 6.24. The number of rotatable bonds is 1. The lowest BCUT2D eigenvalue weighted by Crippen LogP contribution is -2.04. The Balaban J connectivity index is 2.85. The van der Waals surface area contributed by atoms with Crippen LogP contribution in [-0.2, 0) is 0 Å². The number of nitrogens with one attached hydrogen (secondary N) is 1. The molecular weight excluding hydrogens is 167 g/mol. The summed E-state index contributed by atoms with van der Waals surface area (Å²) in [5.74, 6) is 5.39. The van der Waals surface area contributed by atoms with E-state index in [2.05, 4.69) is 22.1 Å². The van der Waals surface area contributed by atoms with E-state index in [0.29, 0.717) is 12.2 Å². The van der Waals surface area contributed by atoms with Crippen LogP contribution < -0.4 is 5.32 Å². The van der Waals surface area contributed by atoms with Crippen LogP contribution in [0.5, 0.6) is 0 Å². The van der Waals surface area contributed by atoms with E-state index in [4.69, 9.17) is 0 Å². The second-order valence-corrected chi connectivity index (χ2v) is 2.65. The highest BCUT2D eigenvalue weighted by Crippen LogP contribution is 2.04. The van der Waals surface area contributed by atoms with Crippen LogP contribution in [0.1, 0.15) is 11.3 Å². The molecule has 0 aliphatic carbocycles. The number of pyridine rings is 1. The minimum Gasteiger partial charge on any atom is -0.309 e. The summed E-state index contributed by atoms with van der Waals surface area (Å²) in [7, 11) is 1.82. The van der Waals surface area contributed by atoms with Crippen LogP contribution in [0.2, 0.25) is 0 Å². The van der Waals surface area contributed by atoms with Crippen LogP contribution in [0.4, 0.5) is 4.39 Å². The molecule has 3 heteroatoms. The Hall–Kier alpha value is -1.40. The monoisotopic (exact) mass is 178 g/mol. The molecule has 0 unspecified atom stereocenters. The molecule has 1 aromatic heterocycles. The summed E-state index contributed by atoms with van der Waals surface area (Å²) in [6.07, 6.45) is 1.18. The first kappa shape index (κ1) is 9.69. The smallest absolute Gasteiger partial charge is 0.141 e. The molecule has 0 saturated heterocycles. The molecule has 1 N–H and O–H groups in total. The second-order valence-electron chi connectivity index (χ2n) is 2.65. The summed E-state index contributed by atoms with van der Waals surface area (Å²) in [5, 5.41) is 2.89. The topological polar surface area (TPSA) is 24.9 Å². The van der Waals surface area contributed by atoms with Crippen molar-refractivity contribution in [1.82, 2.24) is 10.3 Å². The maximum absolute atomic E-state index is 12.6. The Morgan fingerprint density at radius 2 is 2.38 bits per heavy atom. The third-order valence-corrected chi connectivity index (χ3v) is 1.52. The van der Waals surface area contributed by atoms with Gasteiger partial charge < -0.3 is 5.32 Å². The normalized spacial score (nSPS) is 9.15. The summed E-state index contributed by atoms with van der Waals surface area (Å²) in [6.45, 7) is 2.40. The van der Waals surface area contributed by atoms with Gasteiger partial charge in [-0.25, -0.2) is 9.37 Å². The van der Waals surface area contributed by atoms with Crippen molar-refractivity contribution in [1.29, 1.82) is 0 Å². The Labute approximate surface area is 77.2 Å². The predicted molar refractivity (Wildman–Crippen MR) is 49.7 cm³/mol. The number of halogens is 1. The standard InChI is InChI=1S/C10H11FN2/c1-8-6-9(11)7-13-10(8)4-3-5-12-2/h6-7,12H,5H2,1-2H3. The van der Waals surface area contributed by atoms with Crippen molar-refractivity contribution >= 4 is 0 Å². The first-order valence-corrected chi connectivity index (χ1v) is 3.99. The number of nitrogens with zero attached hydrogens (tertiary/aromatic N) is 1. The van der Waals surface area contributed by atoms with Gasteiger partial charge in [0.2, 0.25) is 0 Å². The fraction of sp³-hybridized carbons (Fsp3) is 0.300. The molecule has 0 atom stereocenters. The van der Waals surface area contributed by atoms with Gasteiger partial charge in [-0.2, -0.15) is 0 Å². The zero-order valence-corrected chi connectivity index (χ0v) is 7.69. The molecule has 0 amide bonds. The SMILES string of the molecule is CNCC#Cc1ncc(F)cc1C. The number of aryl methyl sites for hydroxylation is 1. The maximum atomic E-state index is 12.6. The van der Waals surface area contributed by atoms with Gasteiger partial charge >= 0.3 is 0 Å². The highest BCUT2D eigenvalue weighted by molar-refractivity contribution is 5.34. The second kappa shape index (κ2) is 4.58. The van der Waals surface area contributed by atoms with Gasteiger partial charge in [-0.05, 0) is 31.5 Å². The van der Waals surface area contributed by atoms with Crippen molar-refractivity contribution < 1.29 is 4.39 Å². The van der Waals surface area contributed by atoms with Crippen molar-refractivity contribution in [3.05, 3.63) is 29.3 Å². The predicted octanol–water partition coefficient (Wildman–Crippen LogP) is 1.10. The summed E-state index contributed by atoms with van der Waals surface area (Å²) >= 11 is 0. The molecular formula is C10H11FN2. The lowest BCUT2D eigenvalue weighted by Gasteiger charge is -1.95. The third kappa shape index (κ3) is 2.85. The lowest BCUT2D eigenvalue weighted by atomic mass is 10.2. The Morgan fingerprint density at radius 3 is 3.00 bits per heavy atom. The van der Waals surface area contributed by atoms with E-state index in [1.807, 2.05) is 7.05 Å². The highest BCUT2D eigenvalue weighted by atomic mass is 19.1. The van der Waals surface area contributed by atoms with Crippen molar-refractivity contribution in [3.8, 4) is 11.8 Å². The van der Waals surface area contributed by atoms with Gasteiger partial charge in [-0.3, -0.25) is 0 Å². The lowest BCUT2D eigenvalue weighted by molar-refractivity contribution is 0.619. The molecule has 0 radical (unpaired) electrons. The van der Waals surface area contributed by atoms with Gasteiger partial charge in [0.15, 0.2) is 0 Å². The van der Waals surface area contributed by atoms with Gasteiger partial charge in [0.1, 0.15) is 11.5 Å². The van der Waals surface area contributed by atoms with Gasteiger partial charge in [-0.1, -0.05) is 5.92 Å². The van der Waals surface area contributed by atoms with E-state index < -0.39 is 0 Å². The van der Waals surface area contributed by atoms with E-state index in [1.165, 1.54) is 12.3 Å². The highest BCUT2D eigenvalue weighted by Gasteiger charge is 1.96. The molecule has 0 saturated carbocycles.